The number of alkyl halides is 2. The van der Waals surface area contributed by atoms with E-state index in [-0.39, 0.29) is 0 Å². The normalized spacial score (nSPS) is 20.4. The van der Waals surface area contributed by atoms with E-state index in [1.807, 2.05) is 30.3 Å². The summed E-state index contributed by atoms with van der Waals surface area (Å²) in [6.07, 6.45) is 5.28. The molecule has 0 aliphatic heterocycles. The molecule has 0 bridgehead atoms. The molecule has 0 radical (unpaired) electrons. The number of halogens is 2. The fourth-order valence-corrected chi connectivity index (χ4v) is 2.02. The summed E-state index contributed by atoms with van der Waals surface area (Å²) in [5.41, 5.74) is 1.53. The van der Waals surface area contributed by atoms with Crippen molar-refractivity contribution in [2.45, 2.75) is 5.92 Å². The summed E-state index contributed by atoms with van der Waals surface area (Å²) in [4.78, 5) is 0. The zero-order valence-corrected chi connectivity index (χ0v) is 7.87. The predicted molar refractivity (Wildman–Crippen MR) is 55.7 cm³/mol. The largest absolute Gasteiger partial charge is 0.286 e. The Morgan fingerprint density at radius 1 is 1.07 bits per heavy atom. The molecule has 0 aromatic heterocycles. The maximum atomic E-state index is 13.1. The predicted octanol–water partition coefficient (Wildman–Crippen LogP) is 1.76. The van der Waals surface area contributed by atoms with Crippen molar-refractivity contribution in [1.29, 1.82) is 0 Å². The van der Waals surface area contributed by atoms with Crippen LogP contribution in [0.4, 0.5) is 8.78 Å². The number of hydrogen-bond acceptors (Lipinski definition) is 0. The van der Waals surface area contributed by atoms with Gasteiger partial charge in [-0.2, -0.15) is 8.78 Å². The monoisotopic (exact) mass is 202 g/mol. The van der Waals surface area contributed by atoms with Gasteiger partial charge in [-0.25, -0.2) is 0 Å². The van der Waals surface area contributed by atoms with Crippen LogP contribution >= 0.6 is 0 Å². The zero-order valence-electron chi connectivity index (χ0n) is 7.87. The molecule has 74 valence electrons. The molecule has 0 saturated heterocycles. The maximum Gasteiger partial charge on any atom is 0.286 e. The molecule has 1 aromatic carbocycles. The minimum absolute atomic E-state index is 0.628. The van der Waals surface area contributed by atoms with Gasteiger partial charge in [0.25, 0.3) is 5.92 Å². The van der Waals surface area contributed by atoms with Crippen molar-refractivity contribution in [3.63, 3.8) is 0 Å². The van der Waals surface area contributed by atoms with Crippen LogP contribution in [0.5, 0.6) is 0 Å². The fraction of sp³-hybridized carbons (Fsp3) is 0.0769. The van der Waals surface area contributed by atoms with E-state index in [0.717, 1.165) is 28.2 Å². The molecule has 2 aliphatic rings. The van der Waals surface area contributed by atoms with Gasteiger partial charge in [0.1, 0.15) is 0 Å². The highest BCUT2D eigenvalue weighted by molar-refractivity contribution is 5.88. The second kappa shape index (κ2) is 2.66. The van der Waals surface area contributed by atoms with Gasteiger partial charge in [0, 0.05) is 0 Å². The molecule has 0 amide bonds. The number of allylic oxidation sites excluding steroid dienone is 4. The Balaban J connectivity index is 2.36. The van der Waals surface area contributed by atoms with E-state index in [9.17, 15) is 8.78 Å². The minimum atomic E-state index is -2.81. The van der Waals surface area contributed by atoms with Crippen LogP contribution in [0.15, 0.2) is 48.1 Å². The van der Waals surface area contributed by atoms with Gasteiger partial charge in [-0.1, -0.05) is 30.3 Å². The lowest BCUT2D eigenvalue weighted by atomic mass is 10.00. The molecule has 0 saturated carbocycles. The van der Waals surface area contributed by atoms with Crippen molar-refractivity contribution in [3.8, 4) is 0 Å². The maximum absolute atomic E-state index is 13.1. The fourth-order valence-electron chi connectivity index (χ4n) is 2.02. The van der Waals surface area contributed by atoms with Gasteiger partial charge in [0.2, 0.25) is 0 Å². The lowest BCUT2D eigenvalue weighted by Gasteiger charge is -2.13. The van der Waals surface area contributed by atoms with Crippen molar-refractivity contribution in [2.75, 3.05) is 0 Å². The quantitative estimate of drug-likeness (QED) is 0.601. The van der Waals surface area contributed by atoms with Gasteiger partial charge in [-0.05, 0) is 39.8 Å². The summed E-state index contributed by atoms with van der Waals surface area (Å²) in [6, 6.07) is 7.72. The van der Waals surface area contributed by atoms with E-state index < -0.39 is 5.92 Å². The first-order chi connectivity index (χ1) is 7.16. The molecular formula is C13H8F2. The van der Waals surface area contributed by atoms with Crippen LogP contribution in [0.1, 0.15) is 0 Å². The molecule has 0 heterocycles. The van der Waals surface area contributed by atoms with Crippen molar-refractivity contribution in [2.24, 2.45) is 0 Å². The molecule has 0 nitrogen and oxygen atoms in total. The Bertz CT molecular complexity index is 604. The number of rotatable bonds is 0. The van der Waals surface area contributed by atoms with Crippen LogP contribution in [0.3, 0.4) is 0 Å². The Morgan fingerprint density at radius 2 is 1.87 bits per heavy atom. The molecule has 0 unspecified atom stereocenters. The Hall–Kier alpha value is -1.70. The van der Waals surface area contributed by atoms with E-state index in [0.29, 0.717) is 5.57 Å². The first kappa shape index (κ1) is 8.60. The van der Waals surface area contributed by atoms with E-state index in [2.05, 4.69) is 0 Å². The average Bonchev–Trinajstić information content (AvgIpc) is 2.52. The van der Waals surface area contributed by atoms with Gasteiger partial charge in [0.15, 0.2) is 0 Å². The van der Waals surface area contributed by atoms with E-state index in [1.165, 1.54) is 6.08 Å². The van der Waals surface area contributed by atoms with Gasteiger partial charge in [-0.15, -0.1) is 0 Å². The number of benzene rings is 1. The summed E-state index contributed by atoms with van der Waals surface area (Å²) in [5.74, 6) is -2.81. The third-order valence-corrected chi connectivity index (χ3v) is 2.69. The molecule has 0 spiro atoms. The lowest BCUT2D eigenvalue weighted by molar-refractivity contribution is 0.110. The Kier molecular flexibility index (Phi) is 1.52. The van der Waals surface area contributed by atoms with Gasteiger partial charge in [0.05, 0.1) is 0 Å². The minimum Gasteiger partial charge on any atom is -0.197 e. The molecule has 2 aliphatic carbocycles. The Labute approximate surface area is 85.5 Å². The van der Waals surface area contributed by atoms with Crippen molar-refractivity contribution in [3.05, 3.63) is 58.5 Å². The summed E-state index contributed by atoms with van der Waals surface area (Å²) < 4.78 is 26.1. The molecule has 0 N–H and O–H groups in total. The van der Waals surface area contributed by atoms with Crippen molar-refractivity contribution < 1.29 is 8.78 Å². The van der Waals surface area contributed by atoms with Crippen LogP contribution in [-0.2, 0) is 0 Å². The first-order valence-corrected chi connectivity index (χ1v) is 4.77. The topological polar surface area (TPSA) is 0 Å². The molecule has 1 aromatic rings. The highest BCUT2D eigenvalue weighted by Gasteiger charge is 2.27. The number of hydrogen-bond donors (Lipinski definition) is 0. The van der Waals surface area contributed by atoms with Gasteiger partial charge < -0.3 is 0 Å². The van der Waals surface area contributed by atoms with Crippen LogP contribution in [0.25, 0.3) is 11.6 Å². The summed E-state index contributed by atoms with van der Waals surface area (Å²) in [5, 5.41) is 2.05. The van der Waals surface area contributed by atoms with Crippen LogP contribution in [-0.4, -0.2) is 5.92 Å². The molecular weight excluding hydrogens is 194 g/mol. The summed E-state index contributed by atoms with van der Waals surface area (Å²) in [7, 11) is 0. The van der Waals surface area contributed by atoms with E-state index in [4.69, 9.17) is 0 Å². The highest BCUT2D eigenvalue weighted by atomic mass is 19.3. The van der Waals surface area contributed by atoms with Crippen LogP contribution in [0.2, 0.25) is 0 Å². The zero-order chi connectivity index (χ0) is 10.5. The Morgan fingerprint density at radius 3 is 2.73 bits per heavy atom. The van der Waals surface area contributed by atoms with Crippen molar-refractivity contribution >= 4 is 11.6 Å². The smallest absolute Gasteiger partial charge is 0.197 e. The summed E-state index contributed by atoms with van der Waals surface area (Å²) >= 11 is 0. The first-order valence-electron chi connectivity index (χ1n) is 4.77. The van der Waals surface area contributed by atoms with Gasteiger partial charge in [-0.3, -0.25) is 0 Å². The van der Waals surface area contributed by atoms with E-state index >= 15 is 0 Å². The second-order valence-corrected chi connectivity index (χ2v) is 3.75. The molecule has 15 heavy (non-hydrogen) atoms. The number of fused-ring (bicyclic) bond motifs is 2. The van der Waals surface area contributed by atoms with Crippen LogP contribution < -0.4 is 10.4 Å². The molecule has 0 atom stereocenters. The molecule has 2 heteroatoms. The van der Waals surface area contributed by atoms with E-state index in [1.54, 1.807) is 0 Å². The summed E-state index contributed by atoms with van der Waals surface area (Å²) in [6.45, 7) is 0. The van der Waals surface area contributed by atoms with Crippen molar-refractivity contribution in [1.82, 2.24) is 0 Å². The second-order valence-electron chi connectivity index (χ2n) is 3.75. The molecule has 0 fully saturated rings. The SMILES string of the molecule is FC1(F)C=CC2=c3ccccc3=CC2=C1. The highest BCUT2D eigenvalue weighted by Crippen LogP contribution is 2.30. The molecule has 3 rings (SSSR count). The van der Waals surface area contributed by atoms with Crippen LogP contribution in [0, 0.1) is 0 Å². The average molecular weight is 202 g/mol. The standard InChI is InChI=1S/C13H8F2/c14-13(15)6-5-12-10(8-13)7-9-3-1-2-4-11(9)12/h1-8H. The van der Waals surface area contributed by atoms with Gasteiger partial charge >= 0.3 is 0 Å². The lowest BCUT2D eigenvalue weighted by Crippen LogP contribution is -2.22. The third-order valence-electron chi connectivity index (χ3n) is 2.69. The third kappa shape index (κ3) is 1.25.